The third kappa shape index (κ3) is 2.38. The van der Waals surface area contributed by atoms with Crippen molar-refractivity contribution in [3.63, 3.8) is 0 Å². The summed E-state index contributed by atoms with van der Waals surface area (Å²) in [5.41, 5.74) is 3.03. The summed E-state index contributed by atoms with van der Waals surface area (Å²) in [5.74, 6) is 1.52. The molecule has 1 heterocycles. The Labute approximate surface area is 130 Å². The van der Waals surface area contributed by atoms with Crippen LogP contribution in [0.15, 0.2) is 48.5 Å². The molecule has 0 N–H and O–H groups in total. The summed E-state index contributed by atoms with van der Waals surface area (Å²) < 4.78 is 0. The molecule has 1 heteroatoms. The van der Waals surface area contributed by atoms with Gasteiger partial charge in [-0.2, -0.15) is 0 Å². The first kappa shape index (κ1) is 14.6. The van der Waals surface area contributed by atoms with Crippen molar-refractivity contribution in [3.05, 3.63) is 48.5 Å². The molecule has 0 unspecified atom stereocenters. The second-order valence-electron chi connectivity index (χ2n) is 7.37. The molecule has 0 amide bonds. The molecule has 1 aliphatic rings. The van der Waals surface area contributed by atoms with E-state index in [0.717, 1.165) is 11.8 Å². The smallest absolute Gasteiger partial charge is 0.0630 e. The quantitative estimate of drug-likeness (QED) is 0.726. The van der Waals surface area contributed by atoms with Crippen molar-refractivity contribution in [1.29, 1.82) is 0 Å². The van der Waals surface area contributed by atoms with Gasteiger partial charge in [0, 0.05) is 0 Å². The summed E-state index contributed by atoms with van der Waals surface area (Å²) in [6.07, 6.45) is 0. The highest BCUT2D eigenvalue weighted by Crippen LogP contribution is 2.35. The Balaban J connectivity index is 2.26. The molecule has 0 saturated carbocycles. The zero-order chi connectivity index (χ0) is 15.0. The van der Waals surface area contributed by atoms with Gasteiger partial charge in [-0.3, -0.25) is 0 Å². The van der Waals surface area contributed by atoms with E-state index in [9.17, 15) is 0 Å². The van der Waals surface area contributed by atoms with E-state index in [4.69, 9.17) is 0 Å². The van der Waals surface area contributed by atoms with Crippen molar-refractivity contribution >= 4 is 18.4 Å². The van der Waals surface area contributed by atoms with Gasteiger partial charge >= 0.3 is 0 Å². The number of hydrogen-bond donors (Lipinski definition) is 0. The minimum atomic E-state index is -1.60. The van der Waals surface area contributed by atoms with Gasteiger partial charge in [-0.05, 0) is 45.4 Å². The fourth-order valence-electron chi connectivity index (χ4n) is 4.33. The lowest BCUT2D eigenvalue weighted by Gasteiger charge is -2.33. The highest BCUT2D eigenvalue weighted by atomic mass is 28.3. The lowest BCUT2D eigenvalue weighted by Crippen LogP contribution is -2.56. The van der Waals surface area contributed by atoms with E-state index in [2.05, 4.69) is 76.2 Å². The van der Waals surface area contributed by atoms with Crippen LogP contribution in [0.5, 0.6) is 0 Å². The molecule has 2 aromatic rings. The first-order valence-corrected chi connectivity index (χ1v) is 10.7. The van der Waals surface area contributed by atoms with E-state index in [1.807, 2.05) is 0 Å². The van der Waals surface area contributed by atoms with Gasteiger partial charge in [0.2, 0.25) is 0 Å². The van der Waals surface area contributed by atoms with Gasteiger partial charge in [0.05, 0.1) is 0 Å². The minimum absolute atomic E-state index is 0.759. The molecule has 0 atom stereocenters. The van der Waals surface area contributed by atoms with E-state index >= 15 is 0 Å². The molecule has 110 valence electrons. The average molecular weight is 295 g/mol. The number of rotatable bonds is 4. The number of hydrogen-bond acceptors (Lipinski definition) is 0. The SMILES string of the molecule is CC(C)C[Si]1(CC(C)C)c2ccccc2-c2ccccc21. The normalized spacial score (nSPS) is 15.3. The van der Waals surface area contributed by atoms with Crippen LogP contribution in [-0.4, -0.2) is 8.07 Å². The Morgan fingerprint density at radius 2 is 1.05 bits per heavy atom. The van der Waals surface area contributed by atoms with Crippen LogP contribution in [-0.2, 0) is 0 Å². The van der Waals surface area contributed by atoms with Crippen LogP contribution in [0.2, 0.25) is 12.1 Å². The third-order valence-electron chi connectivity index (χ3n) is 4.69. The van der Waals surface area contributed by atoms with Gasteiger partial charge in [-0.25, -0.2) is 0 Å². The summed E-state index contributed by atoms with van der Waals surface area (Å²) in [6.45, 7) is 9.55. The molecular formula is C20H26Si. The van der Waals surface area contributed by atoms with Crippen molar-refractivity contribution in [2.75, 3.05) is 0 Å². The molecule has 0 aromatic heterocycles. The Hall–Kier alpha value is -1.34. The summed E-state index contributed by atoms with van der Waals surface area (Å²) in [5, 5.41) is 3.38. The molecule has 1 aliphatic heterocycles. The van der Waals surface area contributed by atoms with Gasteiger partial charge < -0.3 is 0 Å². The molecule has 21 heavy (non-hydrogen) atoms. The van der Waals surface area contributed by atoms with Crippen LogP contribution in [0.25, 0.3) is 11.1 Å². The van der Waals surface area contributed by atoms with Crippen molar-refractivity contribution in [1.82, 2.24) is 0 Å². The molecule has 0 bridgehead atoms. The van der Waals surface area contributed by atoms with E-state index < -0.39 is 8.07 Å². The van der Waals surface area contributed by atoms with Crippen molar-refractivity contribution < 1.29 is 0 Å². The molecular weight excluding hydrogens is 268 g/mol. The van der Waals surface area contributed by atoms with Crippen molar-refractivity contribution in [3.8, 4) is 11.1 Å². The van der Waals surface area contributed by atoms with Gasteiger partial charge in [0.15, 0.2) is 0 Å². The van der Waals surface area contributed by atoms with Crippen LogP contribution in [0.1, 0.15) is 27.7 Å². The Kier molecular flexibility index (Phi) is 3.79. The molecule has 0 fully saturated rings. The average Bonchev–Trinajstić information content (AvgIpc) is 2.70. The molecule has 0 spiro atoms. The summed E-state index contributed by atoms with van der Waals surface area (Å²) in [6, 6.07) is 21.2. The van der Waals surface area contributed by atoms with Crippen LogP contribution in [0, 0.1) is 11.8 Å². The van der Waals surface area contributed by atoms with Crippen LogP contribution >= 0.6 is 0 Å². The summed E-state index contributed by atoms with van der Waals surface area (Å²) in [4.78, 5) is 0. The van der Waals surface area contributed by atoms with E-state index in [1.54, 1.807) is 10.4 Å². The second-order valence-corrected chi connectivity index (χ2v) is 11.4. The fraction of sp³-hybridized carbons (Fsp3) is 0.400. The zero-order valence-electron chi connectivity index (χ0n) is 13.7. The number of benzene rings is 2. The van der Waals surface area contributed by atoms with E-state index in [0.29, 0.717) is 0 Å². The van der Waals surface area contributed by atoms with Gasteiger partial charge in [0.25, 0.3) is 0 Å². The first-order chi connectivity index (χ1) is 10.0. The van der Waals surface area contributed by atoms with E-state index in [1.165, 1.54) is 23.2 Å². The monoisotopic (exact) mass is 294 g/mol. The molecule has 0 nitrogen and oxygen atoms in total. The summed E-state index contributed by atoms with van der Waals surface area (Å²) >= 11 is 0. The maximum absolute atomic E-state index is 2.42. The highest BCUT2D eigenvalue weighted by molar-refractivity contribution is 7.05. The van der Waals surface area contributed by atoms with Gasteiger partial charge in [0.1, 0.15) is 8.07 Å². The lowest BCUT2D eigenvalue weighted by molar-refractivity contribution is 0.688. The first-order valence-electron chi connectivity index (χ1n) is 8.24. The Morgan fingerprint density at radius 3 is 1.43 bits per heavy atom. The van der Waals surface area contributed by atoms with Crippen LogP contribution in [0.3, 0.4) is 0 Å². The molecule has 0 saturated heterocycles. The largest absolute Gasteiger partial charge is 0.120 e. The standard InChI is InChI=1S/C20H26Si/c1-15(2)13-21(14-16(3)4)19-11-7-5-9-17(19)18-10-6-8-12-20(18)21/h5-12,15-16H,13-14H2,1-4H3. The predicted molar refractivity (Wildman–Crippen MR) is 96.2 cm³/mol. The fourth-order valence-corrected chi connectivity index (χ4v) is 10.8. The topological polar surface area (TPSA) is 0 Å². The second kappa shape index (κ2) is 5.45. The van der Waals surface area contributed by atoms with Crippen molar-refractivity contribution in [2.45, 2.75) is 39.8 Å². The van der Waals surface area contributed by atoms with Gasteiger partial charge in [-0.1, -0.05) is 76.2 Å². The molecule has 3 rings (SSSR count). The number of fused-ring (bicyclic) bond motifs is 3. The zero-order valence-corrected chi connectivity index (χ0v) is 14.7. The maximum atomic E-state index is 2.42. The molecule has 0 aliphatic carbocycles. The van der Waals surface area contributed by atoms with Crippen LogP contribution in [0.4, 0.5) is 0 Å². The third-order valence-corrected chi connectivity index (χ3v) is 10.6. The van der Waals surface area contributed by atoms with E-state index in [-0.39, 0.29) is 0 Å². The molecule has 2 aromatic carbocycles. The lowest BCUT2D eigenvalue weighted by atomic mass is 10.1. The van der Waals surface area contributed by atoms with Crippen molar-refractivity contribution in [2.24, 2.45) is 11.8 Å². The molecule has 0 radical (unpaired) electrons. The Bertz CT molecular complexity index is 582. The highest BCUT2D eigenvalue weighted by Gasteiger charge is 2.45. The minimum Gasteiger partial charge on any atom is -0.0630 e. The van der Waals surface area contributed by atoms with Gasteiger partial charge in [-0.15, -0.1) is 0 Å². The Morgan fingerprint density at radius 1 is 0.667 bits per heavy atom. The summed E-state index contributed by atoms with van der Waals surface area (Å²) in [7, 11) is -1.60. The van der Waals surface area contributed by atoms with Crippen LogP contribution < -0.4 is 10.4 Å². The predicted octanol–water partition coefficient (Wildman–Crippen LogP) is 4.54. The maximum Gasteiger partial charge on any atom is 0.120 e.